The van der Waals surface area contributed by atoms with E-state index < -0.39 is 0 Å². The van der Waals surface area contributed by atoms with Crippen molar-refractivity contribution in [3.05, 3.63) is 182 Å². The van der Waals surface area contributed by atoms with E-state index in [1.54, 1.807) is 11.3 Å². The lowest BCUT2D eigenvalue weighted by molar-refractivity contribution is 0.669. The molecule has 252 valence electrons. The summed E-state index contributed by atoms with van der Waals surface area (Å²) in [6.07, 6.45) is 0. The zero-order valence-electron chi connectivity index (χ0n) is 29.0. The van der Waals surface area contributed by atoms with Crippen LogP contribution < -0.4 is 0 Å². The van der Waals surface area contributed by atoms with Gasteiger partial charge in [0.2, 0.25) is 0 Å². The van der Waals surface area contributed by atoms with E-state index in [9.17, 15) is 0 Å². The molecule has 0 aliphatic carbocycles. The van der Waals surface area contributed by atoms with Gasteiger partial charge in [-0.3, -0.25) is 0 Å². The van der Waals surface area contributed by atoms with Crippen molar-refractivity contribution in [2.45, 2.75) is 0 Å². The van der Waals surface area contributed by atoms with Crippen LogP contribution in [0.4, 0.5) is 0 Å². The second-order valence-electron chi connectivity index (χ2n) is 13.7. The Labute approximate surface area is 315 Å². The van der Waals surface area contributed by atoms with E-state index >= 15 is 0 Å². The SMILES string of the molecule is c1ccc(-c2ccc3cc(-c4nc(-c5cccc6oc7cc(-c8ccccc8-c8ccccc8)ccc7c56)nc5c4sc4ccccc45)ccc3c2)cc1. The Morgan fingerprint density at radius 1 is 0.407 bits per heavy atom. The van der Waals surface area contributed by atoms with Crippen LogP contribution in [-0.4, -0.2) is 9.97 Å². The molecular formula is C50H30N2OS. The van der Waals surface area contributed by atoms with Gasteiger partial charge in [-0.1, -0.05) is 146 Å². The number of benzene rings is 8. The second kappa shape index (κ2) is 12.4. The fourth-order valence-electron chi connectivity index (χ4n) is 7.89. The summed E-state index contributed by atoms with van der Waals surface area (Å²) in [6.45, 7) is 0. The van der Waals surface area contributed by atoms with Crippen LogP contribution in [0, 0.1) is 0 Å². The first-order valence-corrected chi connectivity index (χ1v) is 19.0. The maximum atomic E-state index is 6.62. The Morgan fingerprint density at radius 3 is 1.87 bits per heavy atom. The molecule has 0 aliphatic heterocycles. The minimum Gasteiger partial charge on any atom is -0.456 e. The third-order valence-corrected chi connectivity index (χ3v) is 11.7. The lowest BCUT2D eigenvalue weighted by atomic mass is 9.94. The number of thiophene rings is 1. The molecule has 3 nitrogen and oxygen atoms in total. The van der Waals surface area contributed by atoms with Gasteiger partial charge in [-0.15, -0.1) is 11.3 Å². The molecule has 11 aromatic rings. The van der Waals surface area contributed by atoms with E-state index in [-0.39, 0.29) is 0 Å². The number of nitrogens with zero attached hydrogens (tertiary/aromatic N) is 2. The van der Waals surface area contributed by atoms with Crippen molar-refractivity contribution in [1.82, 2.24) is 9.97 Å². The zero-order chi connectivity index (χ0) is 35.6. The third-order valence-electron chi connectivity index (χ3n) is 10.5. The Morgan fingerprint density at radius 2 is 1.06 bits per heavy atom. The zero-order valence-corrected chi connectivity index (χ0v) is 29.8. The molecule has 3 aromatic heterocycles. The van der Waals surface area contributed by atoms with E-state index in [4.69, 9.17) is 14.4 Å². The number of hydrogen-bond donors (Lipinski definition) is 0. The van der Waals surface area contributed by atoms with Crippen LogP contribution in [-0.2, 0) is 0 Å². The molecule has 0 radical (unpaired) electrons. The molecule has 3 heterocycles. The molecule has 11 rings (SSSR count). The summed E-state index contributed by atoms with van der Waals surface area (Å²) in [4.78, 5) is 10.7. The number of hydrogen-bond acceptors (Lipinski definition) is 4. The Kier molecular flexibility index (Phi) is 7.04. The van der Waals surface area contributed by atoms with Crippen LogP contribution in [0.25, 0.3) is 109 Å². The highest BCUT2D eigenvalue weighted by atomic mass is 32.1. The van der Waals surface area contributed by atoms with Crippen molar-refractivity contribution >= 4 is 64.4 Å². The molecule has 0 fully saturated rings. The lowest BCUT2D eigenvalue weighted by Gasteiger charge is -2.10. The fourth-order valence-corrected chi connectivity index (χ4v) is 9.05. The molecule has 4 heteroatoms. The van der Waals surface area contributed by atoms with Crippen molar-refractivity contribution in [1.29, 1.82) is 0 Å². The van der Waals surface area contributed by atoms with Crippen molar-refractivity contribution in [3.63, 3.8) is 0 Å². The minimum absolute atomic E-state index is 0.687. The lowest BCUT2D eigenvalue weighted by Crippen LogP contribution is -1.94. The normalized spacial score (nSPS) is 11.7. The molecule has 0 saturated carbocycles. The summed E-state index contributed by atoms with van der Waals surface area (Å²) in [5, 5.41) is 5.58. The van der Waals surface area contributed by atoms with Crippen molar-refractivity contribution in [3.8, 4) is 56.0 Å². The van der Waals surface area contributed by atoms with Crippen molar-refractivity contribution < 1.29 is 4.42 Å². The number of rotatable bonds is 5. The van der Waals surface area contributed by atoms with Gasteiger partial charge in [0.15, 0.2) is 5.82 Å². The second-order valence-corrected chi connectivity index (χ2v) is 14.8. The summed E-state index contributed by atoms with van der Waals surface area (Å²) >= 11 is 1.76. The predicted octanol–water partition coefficient (Wildman–Crippen LogP) is 14.2. The summed E-state index contributed by atoms with van der Waals surface area (Å²) in [7, 11) is 0. The highest BCUT2D eigenvalue weighted by molar-refractivity contribution is 7.26. The quantitative estimate of drug-likeness (QED) is 0.179. The van der Waals surface area contributed by atoms with Crippen LogP contribution in [0.15, 0.2) is 186 Å². The van der Waals surface area contributed by atoms with Gasteiger partial charge in [0.1, 0.15) is 11.2 Å². The first-order valence-electron chi connectivity index (χ1n) is 18.1. The predicted molar refractivity (Wildman–Crippen MR) is 227 cm³/mol. The van der Waals surface area contributed by atoms with Crippen LogP contribution >= 0.6 is 11.3 Å². The first-order chi connectivity index (χ1) is 26.7. The smallest absolute Gasteiger partial charge is 0.161 e. The minimum atomic E-state index is 0.687. The topological polar surface area (TPSA) is 38.9 Å². The van der Waals surface area contributed by atoms with Crippen LogP contribution in [0.1, 0.15) is 0 Å². The average Bonchev–Trinajstić information content (AvgIpc) is 3.82. The molecule has 0 bridgehead atoms. The standard InChI is InChI=1S/C50H30N2OS/c1-3-12-31(13-4-1)33-22-23-35-29-37(25-24-34(35)28-33)47-49-48(41-18-9-10-21-45(41)54-49)52-50(51-47)42-19-11-20-43-46(42)40-27-26-36(30-44(40)53-43)39-17-8-7-16-38(39)32-14-5-2-6-15-32/h1-30H. The fraction of sp³-hybridized carbons (Fsp3) is 0. The van der Waals surface area contributed by atoms with E-state index in [1.165, 1.54) is 43.3 Å². The van der Waals surface area contributed by atoms with E-state index in [1.807, 2.05) is 12.1 Å². The van der Waals surface area contributed by atoms with Crippen LogP contribution in [0.5, 0.6) is 0 Å². The van der Waals surface area contributed by atoms with Gasteiger partial charge in [-0.2, -0.15) is 0 Å². The number of aromatic nitrogens is 2. The molecule has 0 aliphatic rings. The Balaban J connectivity index is 1.08. The van der Waals surface area contributed by atoms with Crippen LogP contribution in [0.2, 0.25) is 0 Å². The monoisotopic (exact) mass is 706 g/mol. The van der Waals surface area contributed by atoms with Gasteiger partial charge in [0.05, 0.1) is 15.9 Å². The summed E-state index contributed by atoms with van der Waals surface area (Å²) in [5.74, 6) is 0.687. The van der Waals surface area contributed by atoms with Gasteiger partial charge in [-0.25, -0.2) is 9.97 Å². The maximum Gasteiger partial charge on any atom is 0.161 e. The van der Waals surface area contributed by atoms with Gasteiger partial charge in [0.25, 0.3) is 0 Å². The third kappa shape index (κ3) is 5.03. The largest absolute Gasteiger partial charge is 0.456 e. The maximum absolute atomic E-state index is 6.62. The summed E-state index contributed by atoms with van der Waals surface area (Å²) in [5.41, 5.74) is 12.7. The molecule has 8 aromatic carbocycles. The van der Waals surface area contributed by atoms with Crippen molar-refractivity contribution in [2.75, 3.05) is 0 Å². The molecule has 54 heavy (non-hydrogen) atoms. The highest BCUT2D eigenvalue weighted by Crippen LogP contribution is 2.43. The molecule has 0 saturated heterocycles. The van der Waals surface area contributed by atoms with E-state index in [0.29, 0.717) is 5.82 Å². The van der Waals surface area contributed by atoms with Gasteiger partial charge in [-0.05, 0) is 80.6 Å². The molecule has 0 unspecified atom stereocenters. The average molecular weight is 707 g/mol. The molecule has 0 spiro atoms. The Hall–Kier alpha value is -6.88. The number of fused-ring (bicyclic) bond motifs is 7. The van der Waals surface area contributed by atoms with E-state index in [2.05, 4.69) is 170 Å². The Bertz CT molecular complexity index is 3220. The molecular weight excluding hydrogens is 677 g/mol. The first kappa shape index (κ1) is 30.7. The highest BCUT2D eigenvalue weighted by Gasteiger charge is 2.21. The van der Waals surface area contributed by atoms with Gasteiger partial charge >= 0.3 is 0 Å². The van der Waals surface area contributed by atoms with Crippen LogP contribution in [0.3, 0.4) is 0 Å². The van der Waals surface area contributed by atoms with Gasteiger partial charge < -0.3 is 4.42 Å². The molecule has 0 atom stereocenters. The van der Waals surface area contributed by atoms with Crippen molar-refractivity contribution in [2.24, 2.45) is 0 Å². The summed E-state index contributed by atoms with van der Waals surface area (Å²) in [6, 6.07) is 64.3. The van der Waals surface area contributed by atoms with E-state index in [0.717, 1.165) is 59.9 Å². The number of furan rings is 1. The summed E-state index contributed by atoms with van der Waals surface area (Å²) < 4.78 is 8.90. The van der Waals surface area contributed by atoms with Gasteiger partial charge in [0, 0.05) is 32.0 Å². The molecule has 0 N–H and O–H groups in total. The molecule has 0 amide bonds.